The number of esters is 1. The Bertz CT molecular complexity index is 799. The normalized spacial score (nSPS) is 19.7. The first-order valence-electron chi connectivity index (χ1n) is 8.69. The maximum Gasteiger partial charge on any atom is 0.309 e. The van der Waals surface area contributed by atoms with E-state index in [1.807, 2.05) is 25.1 Å². The number of carbonyl (C=O) groups is 1. The Labute approximate surface area is 153 Å². The van der Waals surface area contributed by atoms with E-state index >= 15 is 0 Å². The minimum Gasteiger partial charge on any atom is -0.504 e. The smallest absolute Gasteiger partial charge is 0.309 e. The maximum atomic E-state index is 12.2. The second kappa shape index (κ2) is 7.68. The van der Waals surface area contributed by atoms with E-state index in [1.54, 1.807) is 19.2 Å². The summed E-state index contributed by atoms with van der Waals surface area (Å²) in [7, 11) is 3.17. The number of phenolic OH excluding ortho intramolecular Hbond substituents is 1. The standard InChI is InChI=1S/C21H24O5/c1-13-8-15(5-7-19(13)24-2)17-11-16(21(23)26-12-17)9-14-4-6-18(22)20(10-14)25-3/h4-8,10,16-17,22H,9,11-12H2,1-3H3/t16-,17+/m0/s1. The van der Waals surface area contributed by atoms with Crippen LogP contribution in [0.2, 0.25) is 0 Å². The number of methoxy groups -OCH3 is 2. The van der Waals surface area contributed by atoms with Crippen molar-refractivity contribution in [1.29, 1.82) is 0 Å². The summed E-state index contributed by atoms with van der Waals surface area (Å²) >= 11 is 0. The molecule has 1 fully saturated rings. The van der Waals surface area contributed by atoms with Crippen molar-refractivity contribution in [2.75, 3.05) is 20.8 Å². The molecule has 0 spiro atoms. The molecule has 1 saturated heterocycles. The zero-order chi connectivity index (χ0) is 18.7. The summed E-state index contributed by atoms with van der Waals surface area (Å²) in [5.74, 6) is 1.14. The molecule has 1 aliphatic heterocycles. The fourth-order valence-electron chi connectivity index (χ4n) is 3.50. The Morgan fingerprint density at radius 2 is 1.88 bits per heavy atom. The zero-order valence-corrected chi connectivity index (χ0v) is 15.3. The SMILES string of the molecule is COc1ccc([C@H]2COC(=O)[C@@H](Cc3ccc(O)c(OC)c3)C2)cc1C. The Morgan fingerprint density at radius 3 is 2.58 bits per heavy atom. The van der Waals surface area contributed by atoms with E-state index in [1.165, 1.54) is 7.11 Å². The highest BCUT2D eigenvalue weighted by Gasteiger charge is 2.31. The minimum atomic E-state index is -0.217. The van der Waals surface area contributed by atoms with Crippen LogP contribution < -0.4 is 9.47 Å². The molecule has 26 heavy (non-hydrogen) atoms. The molecule has 138 valence electrons. The number of hydrogen-bond donors (Lipinski definition) is 1. The van der Waals surface area contributed by atoms with Gasteiger partial charge in [0.15, 0.2) is 11.5 Å². The predicted octanol–water partition coefficient (Wildman–Crippen LogP) is 3.61. The Kier molecular flexibility index (Phi) is 5.35. The zero-order valence-electron chi connectivity index (χ0n) is 15.3. The van der Waals surface area contributed by atoms with Crippen LogP contribution in [0.3, 0.4) is 0 Å². The Hall–Kier alpha value is -2.69. The van der Waals surface area contributed by atoms with Gasteiger partial charge in [-0.25, -0.2) is 0 Å². The molecule has 0 radical (unpaired) electrons. The van der Waals surface area contributed by atoms with Crippen molar-refractivity contribution in [1.82, 2.24) is 0 Å². The lowest BCUT2D eigenvalue weighted by Crippen LogP contribution is -2.30. The maximum absolute atomic E-state index is 12.2. The average Bonchev–Trinajstić information content (AvgIpc) is 2.65. The number of cyclic esters (lactones) is 1. The van der Waals surface area contributed by atoms with Crippen LogP contribution in [-0.2, 0) is 16.0 Å². The first-order valence-corrected chi connectivity index (χ1v) is 8.69. The molecule has 5 nitrogen and oxygen atoms in total. The molecule has 1 aliphatic rings. The van der Waals surface area contributed by atoms with Gasteiger partial charge < -0.3 is 19.3 Å². The molecule has 2 aromatic rings. The molecular formula is C21H24O5. The first-order chi connectivity index (χ1) is 12.5. The van der Waals surface area contributed by atoms with E-state index in [2.05, 4.69) is 6.07 Å². The van der Waals surface area contributed by atoms with Gasteiger partial charge in [0.25, 0.3) is 0 Å². The van der Waals surface area contributed by atoms with Crippen LogP contribution in [0, 0.1) is 12.8 Å². The highest BCUT2D eigenvalue weighted by molar-refractivity contribution is 5.74. The monoisotopic (exact) mass is 356 g/mol. The van der Waals surface area contributed by atoms with Gasteiger partial charge in [-0.15, -0.1) is 0 Å². The third-order valence-corrected chi connectivity index (χ3v) is 4.95. The van der Waals surface area contributed by atoms with Crippen molar-refractivity contribution in [3.63, 3.8) is 0 Å². The van der Waals surface area contributed by atoms with Crippen LogP contribution in [0.15, 0.2) is 36.4 Å². The average molecular weight is 356 g/mol. The molecule has 1 N–H and O–H groups in total. The van der Waals surface area contributed by atoms with Gasteiger partial charge in [0.2, 0.25) is 0 Å². The number of aromatic hydroxyl groups is 1. The van der Waals surface area contributed by atoms with E-state index in [0.717, 1.165) is 28.9 Å². The van der Waals surface area contributed by atoms with Gasteiger partial charge in [0, 0.05) is 5.92 Å². The van der Waals surface area contributed by atoms with E-state index in [9.17, 15) is 9.90 Å². The third kappa shape index (κ3) is 3.77. The molecule has 0 aliphatic carbocycles. The van der Waals surface area contributed by atoms with Gasteiger partial charge in [0.05, 0.1) is 26.7 Å². The second-order valence-corrected chi connectivity index (χ2v) is 6.70. The van der Waals surface area contributed by atoms with Crippen LogP contribution >= 0.6 is 0 Å². The predicted molar refractivity (Wildman–Crippen MR) is 97.9 cm³/mol. The third-order valence-electron chi connectivity index (χ3n) is 4.95. The lowest BCUT2D eigenvalue weighted by molar-refractivity contribution is -0.154. The summed E-state index contributed by atoms with van der Waals surface area (Å²) in [4.78, 5) is 12.2. The molecule has 0 unspecified atom stereocenters. The largest absolute Gasteiger partial charge is 0.504 e. The number of phenols is 1. The Morgan fingerprint density at radius 1 is 1.12 bits per heavy atom. The molecule has 2 aromatic carbocycles. The number of benzene rings is 2. The van der Waals surface area contributed by atoms with E-state index in [4.69, 9.17) is 14.2 Å². The van der Waals surface area contributed by atoms with E-state index in [-0.39, 0.29) is 23.6 Å². The van der Waals surface area contributed by atoms with Crippen LogP contribution in [0.5, 0.6) is 17.2 Å². The van der Waals surface area contributed by atoms with Crippen LogP contribution in [0.4, 0.5) is 0 Å². The van der Waals surface area contributed by atoms with Crippen molar-refractivity contribution in [3.05, 3.63) is 53.1 Å². The molecule has 2 atom stereocenters. The molecule has 5 heteroatoms. The van der Waals surface area contributed by atoms with Gasteiger partial charge in [-0.3, -0.25) is 4.79 Å². The molecule has 0 bridgehead atoms. The van der Waals surface area contributed by atoms with Gasteiger partial charge in [-0.2, -0.15) is 0 Å². The molecular weight excluding hydrogens is 332 g/mol. The summed E-state index contributed by atoms with van der Waals surface area (Å²) in [5.41, 5.74) is 3.17. The van der Waals surface area contributed by atoms with Gasteiger partial charge in [-0.1, -0.05) is 18.2 Å². The van der Waals surface area contributed by atoms with Crippen molar-refractivity contribution in [2.45, 2.75) is 25.7 Å². The number of ether oxygens (including phenoxy) is 3. The van der Waals surface area contributed by atoms with Crippen LogP contribution in [0.1, 0.15) is 29.0 Å². The topological polar surface area (TPSA) is 65.0 Å². The fraction of sp³-hybridized carbons (Fsp3) is 0.381. The summed E-state index contributed by atoms with van der Waals surface area (Å²) in [6.07, 6.45) is 1.29. The summed E-state index contributed by atoms with van der Waals surface area (Å²) in [6, 6.07) is 11.3. The highest BCUT2D eigenvalue weighted by atomic mass is 16.5. The van der Waals surface area contributed by atoms with Crippen molar-refractivity contribution < 1.29 is 24.1 Å². The lowest BCUT2D eigenvalue weighted by Gasteiger charge is -2.29. The summed E-state index contributed by atoms with van der Waals surface area (Å²) in [6.45, 7) is 2.41. The van der Waals surface area contributed by atoms with Crippen molar-refractivity contribution >= 4 is 5.97 Å². The van der Waals surface area contributed by atoms with Gasteiger partial charge in [-0.05, 0) is 54.7 Å². The van der Waals surface area contributed by atoms with E-state index < -0.39 is 0 Å². The number of carbonyl (C=O) groups excluding carboxylic acids is 1. The fourth-order valence-corrected chi connectivity index (χ4v) is 3.50. The Balaban J connectivity index is 1.76. The summed E-state index contributed by atoms with van der Waals surface area (Å²) < 4.78 is 15.9. The molecule has 0 amide bonds. The molecule has 3 rings (SSSR count). The second-order valence-electron chi connectivity index (χ2n) is 6.70. The molecule has 1 heterocycles. The van der Waals surface area contributed by atoms with Gasteiger partial charge >= 0.3 is 5.97 Å². The quantitative estimate of drug-likeness (QED) is 0.829. The molecule has 0 aromatic heterocycles. The van der Waals surface area contributed by atoms with Crippen LogP contribution in [-0.4, -0.2) is 31.9 Å². The first kappa shape index (κ1) is 18.1. The van der Waals surface area contributed by atoms with E-state index in [0.29, 0.717) is 18.8 Å². The lowest BCUT2D eigenvalue weighted by atomic mass is 9.83. The minimum absolute atomic E-state index is 0.0917. The summed E-state index contributed by atoms with van der Waals surface area (Å²) in [5, 5.41) is 9.73. The van der Waals surface area contributed by atoms with Crippen LogP contribution in [0.25, 0.3) is 0 Å². The van der Waals surface area contributed by atoms with Crippen molar-refractivity contribution in [2.24, 2.45) is 5.92 Å². The van der Waals surface area contributed by atoms with Gasteiger partial charge in [0.1, 0.15) is 5.75 Å². The van der Waals surface area contributed by atoms with Crippen molar-refractivity contribution in [3.8, 4) is 17.2 Å². The highest BCUT2D eigenvalue weighted by Crippen LogP contribution is 2.34. The molecule has 0 saturated carbocycles. The number of aryl methyl sites for hydroxylation is 1. The number of rotatable bonds is 5. The number of hydrogen-bond acceptors (Lipinski definition) is 5.